The van der Waals surface area contributed by atoms with Crippen LogP contribution in [-0.2, 0) is 6.54 Å². The Balaban J connectivity index is 2.31. The summed E-state index contributed by atoms with van der Waals surface area (Å²) in [5.41, 5.74) is 5.24. The smallest absolute Gasteiger partial charge is 0.0289 e. The molecule has 0 spiro atoms. The van der Waals surface area contributed by atoms with Crippen molar-refractivity contribution in [2.45, 2.75) is 19.5 Å². The molecule has 0 aliphatic heterocycles. The summed E-state index contributed by atoms with van der Waals surface area (Å²) in [5, 5.41) is 3.29. The van der Waals surface area contributed by atoms with Gasteiger partial charge in [0.1, 0.15) is 0 Å². The standard InChI is InChI=1S/C18H24N2/c1-14(19-2)16-8-6-10-18(12-16)17-9-5-7-15(11-17)13-20(3)4/h5-12,14,19H,13H2,1-4H3. The lowest BCUT2D eigenvalue weighted by molar-refractivity contribution is 0.402. The van der Waals surface area contributed by atoms with Gasteiger partial charge in [-0.3, -0.25) is 0 Å². The van der Waals surface area contributed by atoms with E-state index in [1.165, 1.54) is 22.3 Å². The summed E-state index contributed by atoms with van der Waals surface area (Å²) in [4.78, 5) is 2.19. The molecule has 2 rings (SSSR count). The minimum Gasteiger partial charge on any atom is -0.313 e. The van der Waals surface area contributed by atoms with E-state index in [0.29, 0.717) is 6.04 Å². The molecule has 0 saturated carbocycles. The maximum absolute atomic E-state index is 3.29. The molecule has 1 N–H and O–H groups in total. The van der Waals surface area contributed by atoms with Crippen molar-refractivity contribution in [2.24, 2.45) is 0 Å². The largest absolute Gasteiger partial charge is 0.313 e. The Bertz CT molecular complexity index is 561. The van der Waals surface area contributed by atoms with Crippen molar-refractivity contribution in [1.29, 1.82) is 0 Å². The molecule has 0 saturated heterocycles. The molecule has 2 aromatic rings. The molecule has 2 aromatic carbocycles. The van der Waals surface area contributed by atoms with E-state index in [2.05, 4.69) is 79.8 Å². The Labute approximate surface area is 122 Å². The highest BCUT2D eigenvalue weighted by atomic mass is 15.0. The van der Waals surface area contributed by atoms with Crippen molar-refractivity contribution in [3.05, 3.63) is 59.7 Å². The molecule has 2 nitrogen and oxygen atoms in total. The fourth-order valence-corrected chi connectivity index (χ4v) is 2.37. The molecule has 0 aliphatic carbocycles. The van der Waals surface area contributed by atoms with Crippen molar-refractivity contribution in [3.8, 4) is 11.1 Å². The van der Waals surface area contributed by atoms with Crippen LogP contribution < -0.4 is 5.32 Å². The third-order valence-corrected chi connectivity index (χ3v) is 3.58. The first-order valence-corrected chi connectivity index (χ1v) is 7.11. The van der Waals surface area contributed by atoms with Gasteiger partial charge in [-0.25, -0.2) is 0 Å². The topological polar surface area (TPSA) is 15.3 Å². The van der Waals surface area contributed by atoms with Crippen molar-refractivity contribution in [3.63, 3.8) is 0 Å². The van der Waals surface area contributed by atoms with Crippen molar-refractivity contribution >= 4 is 0 Å². The zero-order chi connectivity index (χ0) is 14.5. The highest BCUT2D eigenvalue weighted by molar-refractivity contribution is 5.65. The van der Waals surface area contributed by atoms with E-state index in [0.717, 1.165) is 6.54 Å². The molecular weight excluding hydrogens is 244 g/mol. The van der Waals surface area contributed by atoms with E-state index in [-0.39, 0.29) is 0 Å². The van der Waals surface area contributed by atoms with Crippen LogP contribution in [0.3, 0.4) is 0 Å². The molecule has 106 valence electrons. The first-order valence-electron chi connectivity index (χ1n) is 7.11. The van der Waals surface area contributed by atoms with Gasteiger partial charge in [-0.15, -0.1) is 0 Å². The van der Waals surface area contributed by atoms with Gasteiger partial charge in [0.15, 0.2) is 0 Å². The fourth-order valence-electron chi connectivity index (χ4n) is 2.37. The van der Waals surface area contributed by atoms with Gasteiger partial charge in [0, 0.05) is 12.6 Å². The van der Waals surface area contributed by atoms with Gasteiger partial charge in [-0.1, -0.05) is 36.4 Å². The number of hydrogen-bond acceptors (Lipinski definition) is 2. The van der Waals surface area contributed by atoms with Crippen molar-refractivity contribution < 1.29 is 0 Å². The van der Waals surface area contributed by atoms with Gasteiger partial charge in [0.05, 0.1) is 0 Å². The van der Waals surface area contributed by atoms with E-state index in [9.17, 15) is 0 Å². The average Bonchev–Trinajstić information content (AvgIpc) is 2.46. The van der Waals surface area contributed by atoms with Crippen molar-refractivity contribution in [1.82, 2.24) is 10.2 Å². The second-order valence-corrected chi connectivity index (χ2v) is 5.57. The van der Waals surface area contributed by atoms with Crippen LogP contribution in [0.2, 0.25) is 0 Å². The molecule has 0 aliphatic rings. The first kappa shape index (κ1) is 14.8. The Morgan fingerprint density at radius 1 is 1.00 bits per heavy atom. The molecule has 0 amide bonds. The van der Waals surface area contributed by atoms with E-state index in [1.54, 1.807) is 0 Å². The van der Waals surface area contributed by atoms with Gasteiger partial charge >= 0.3 is 0 Å². The van der Waals surface area contributed by atoms with Gasteiger partial charge < -0.3 is 10.2 Å². The highest BCUT2D eigenvalue weighted by Gasteiger charge is 2.05. The van der Waals surface area contributed by atoms with Crippen LogP contribution in [0.1, 0.15) is 24.1 Å². The average molecular weight is 268 g/mol. The minimum absolute atomic E-state index is 0.375. The molecule has 2 heteroatoms. The molecule has 1 atom stereocenters. The molecule has 0 bridgehead atoms. The van der Waals surface area contributed by atoms with Crippen LogP contribution in [0, 0.1) is 0 Å². The van der Waals surface area contributed by atoms with Crippen LogP contribution in [0.25, 0.3) is 11.1 Å². The Morgan fingerprint density at radius 3 is 2.30 bits per heavy atom. The summed E-state index contributed by atoms with van der Waals surface area (Å²) < 4.78 is 0. The maximum atomic E-state index is 3.29. The lowest BCUT2D eigenvalue weighted by Gasteiger charge is -2.14. The van der Waals surface area contributed by atoms with Crippen LogP contribution in [0.4, 0.5) is 0 Å². The Morgan fingerprint density at radius 2 is 1.65 bits per heavy atom. The summed E-state index contributed by atoms with van der Waals surface area (Å²) >= 11 is 0. The molecule has 20 heavy (non-hydrogen) atoms. The van der Waals surface area contributed by atoms with Crippen LogP contribution in [0.5, 0.6) is 0 Å². The maximum Gasteiger partial charge on any atom is 0.0289 e. The molecule has 0 heterocycles. The molecule has 1 unspecified atom stereocenters. The van der Waals surface area contributed by atoms with Crippen LogP contribution in [0.15, 0.2) is 48.5 Å². The fraction of sp³-hybridized carbons (Fsp3) is 0.333. The summed E-state index contributed by atoms with van der Waals surface area (Å²) in [7, 11) is 6.19. The zero-order valence-corrected chi connectivity index (χ0v) is 12.9. The zero-order valence-electron chi connectivity index (χ0n) is 12.9. The van der Waals surface area contributed by atoms with E-state index in [1.807, 2.05) is 7.05 Å². The number of rotatable bonds is 5. The van der Waals surface area contributed by atoms with Crippen LogP contribution >= 0.6 is 0 Å². The highest BCUT2D eigenvalue weighted by Crippen LogP contribution is 2.24. The SMILES string of the molecule is CNC(C)c1cccc(-c2cccc(CN(C)C)c2)c1. The molecule has 0 fully saturated rings. The summed E-state index contributed by atoms with van der Waals surface area (Å²) in [6.45, 7) is 3.15. The second kappa shape index (κ2) is 6.69. The number of hydrogen-bond donors (Lipinski definition) is 1. The molecular formula is C18H24N2. The van der Waals surface area contributed by atoms with Gasteiger partial charge in [-0.2, -0.15) is 0 Å². The predicted molar refractivity (Wildman–Crippen MR) is 86.7 cm³/mol. The molecule has 0 radical (unpaired) electrons. The Hall–Kier alpha value is -1.64. The second-order valence-electron chi connectivity index (χ2n) is 5.57. The van der Waals surface area contributed by atoms with Gasteiger partial charge in [-0.05, 0) is 62.5 Å². The lowest BCUT2D eigenvalue weighted by atomic mass is 9.99. The quantitative estimate of drug-likeness (QED) is 0.889. The number of nitrogens with zero attached hydrogens (tertiary/aromatic N) is 1. The van der Waals surface area contributed by atoms with Crippen molar-refractivity contribution in [2.75, 3.05) is 21.1 Å². The third-order valence-electron chi connectivity index (χ3n) is 3.58. The Kier molecular flexibility index (Phi) is 4.94. The van der Waals surface area contributed by atoms with E-state index < -0.39 is 0 Å². The molecule has 0 aromatic heterocycles. The monoisotopic (exact) mass is 268 g/mol. The van der Waals surface area contributed by atoms with E-state index >= 15 is 0 Å². The minimum atomic E-state index is 0.375. The predicted octanol–water partition coefficient (Wildman–Crippen LogP) is 3.70. The number of benzene rings is 2. The van der Waals surface area contributed by atoms with Gasteiger partial charge in [0.2, 0.25) is 0 Å². The van der Waals surface area contributed by atoms with Crippen LogP contribution in [-0.4, -0.2) is 26.0 Å². The van der Waals surface area contributed by atoms with E-state index in [4.69, 9.17) is 0 Å². The van der Waals surface area contributed by atoms with Gasteiger partial charge in [0.25, 0.3) is 0 Å². The normalized spacial score (nSPS) is 12.7. The lowest BCUT2D eigenvalue weighted by Crippen LogP contribution is -2.12. The number of nitrogens with one attached hydrogen (secondary N) is 1. The summed E-state index contributed by atoms with van der Waals surface area (Å²) in [6, 6.07) is 17.9. The third kappa shape index (κ3) is 3.69. The summed E-state index contributed by atoms with van der Waals surface area (Å²) in [6.07, 6.45) is 0. The first-order chi connectivity index (χ1) is 9.60. The summed E-state index contributed by atoms with van der Waals surface area (Å²) in [5.74, 6) is 0.